The number of halogens is 1. The second-order valence-corrected chi connectivity index (χ2v) is 7.04. The maximum absolute atomic E-state index is 12.2. The number of amides is 1. The van der Waals surface area contributed by atoms with Crippen LogP contribution >= 0.6 is 22.9 Å². The van der Waals surface area contributed by atoms with Crippen molar-refractivity contribution in [2.24, 2.45) is 0 Å². The molecule has 0 aliphatic carbocycles. The summed E-state index contributed by atoms with van der Waals surface area (Å²) in [4.78, 5) is 26.3. The van der Waals surface area contributed by atoms with Gasteiger partial charge in [0.15, 0.2) is 5.78 Å². The van der Waals surface area contributed by atoms with E-state index in [1.165, 1.54) is 7.11 Å². The first kappa shape index (κ1) is 17.5. The number of anilines is 1. The fraction of sp³-hybridized carbons (Fsp3) is 0.294. The van der Waals surface area contributed by atoms with Crippen molar-refractivity contribution < 1.29 is 14.3 Å². The molecule has 1 heterocycles. The number of ketones is 1. The highest BCUT2D eigenvalue weighted by atomic mass is 35.5. The lowest BCUT2D eigenvalue weighted by Crippen LogP contribution is -2.14. The Bertz CT molecular complexity index is 739. The Morgan fingerprint density at radius 1 is 1.22 bits per heavy atom. The summed E-state index contributed by atoms with van der Waals surface area (Å²) >= 11 is 7.51. The highest BCUT2D eigenvalue weighted by Gasteiger charge is 2.15. The van der Waals surface area contributed by atoms with Gasteiger partial charge in [0.25, 0.3) is 0 Å². The van der Waals surface area contributed by atoms with Crippen LogP contribution in [-0.4, -0.2) is 18.8 Å². The Labute approximate surface area is 144 Å². The van der Waals surface area contributed by atoms with Gasteiger partial charge in [0.05, 0.1) is 12.8 Å². The van der Waals surface area contributed by atoms with Gasteiger partial charge in [0, 0.05) is 33.2 Å². The molecule has 0 radical (unpaired) electrons. The molecule has 23 heavy (non-hydrogen) atoms. The van der Waals surface area contributed by atoms with Gasteiger partial charge in [0.2, 0.25) is 5.91 Å². The Balaban J connectivity index is 1.97. The number of hydrogen-bond acceptors (Lipinski definition) is 4. The molecular formula is C17H18ClNO3S. The molecule has 0 bridgehead atoms. The van der Waals surface area contributed by atoms with Crippen molar-refractivity contribution in [2.75, 3.05) is 12.4 Å². The lowest BCUT2D eigenvalue weighted by atomic mass is 10.1. The molecule has 122 valence electrons. The highest BCUT2D eigenvalue weighted by Crippen LogP contribution is 2.28. The molecule has 0 saturated heterocycles. The summed E-state index contributed by atoms with van der Waals surface area (Å²) in [5.74, 6) is 0.266. The average molecular weight is 352 g/mol. The van der Waals surface area contributed by atoms with E-state index in [1.807, 2.05) is 19.9 Å². The van der Waals surface area contributed by atoms with Crippen LogP contribution in [0.2, 0.25) is 5.02 Å². The quantitative estimate of drug-likeness (QED) is 0.772. The number of carbonyl (C=O) groups excluding carboxylic acids is 2. The predicted octanol–water partition coefficient (Wildman–Crippen LogP) is 4.63. The maximum Gasteiger partial charge on any atom is 0.224 e. The normalized spacial score (nSPS) is 10.4. The first-order valence-corrected chi connectivity index (χ1v) is 8.33. The molecule has 1 aromatic heterocycles. The van der Waals surface area contributed by atoms with Crippen molar-refractivity contribution in [3.63, 3.8) is 0 Å². The van der Waals surface area contributed by atoms with E-state index in [-0.39, 0.29) is 24.5 Å². The van der Waals surface area contributed by atoms with E-state index in [9.17, 15) is 9.59 Å². The summed E-state index contributed by atoms with van der Waals surface area (Å²) in [6.07, 6.45) is 0.286. The molecule has 0 atom stereocenters. The molecule has 0 aliphatic rings. The monoisotopic (exact) mass is 351 g/mol. The molecule has 0 aliphatic heterocycles. The van der Waals surface area contributed by atoms with Crippen molar-refractivity contribution in [1.82, 2.24) is 0 Å². The number of rotatable bonds is 6. The summed E-state index contributed by atoms with van der Waals surface area (Å²) in [5.41, 5.74) is 1.21. The molecule has 1 aromatic carbocycles. The molecule has 0 unspecified atom stereocenters. The third kappa shape index (κ3) is 4.56. The molecule has 2 rings (SSSR count). The van der Waals surface area contributed by atoms with E-state index in [0.717, 1.165) is 9.75 Å². The highest BCUT2D eigenvalue weighted by molar-refractivity contribution is 7.12. The van der Waals surface area contributed by atoms with Crippen LogP contribution in [0.25, 0.3) is 0 Å². The van der Waals surface area contributed by atoms with Gasteiger partial charge in [-0.2, -0.15) is 0 Å². The van der Waals surface area contributed by atoms with Gasteiger partial charge in [-0.3, -0.25) is 9.59 Å². The van der Waals surface area contributed by atoms with Crippen LogP contribution in [0, 0.1) is 13.8 Å². The van der Waals surface area contributed by atoms with E-state index >= 15 is 0 Å². The number of benzene rings is 1. The van der Waals surface area contributed by atoms with Gasteiger partial charge in [-0.1, -0.05) is 11.6 Å². The van der Waals surface area contributed by atoms with Crippen LogP contribution in [0.3, 0.4) is 0 Å². The number of hydrogen-bond donors (Lipinski definition) is 1. The fourth-order valence-electron chi connectivity index (χ4n) is 2.26. The number of nitrogens with one attached hydrogen (secondary N) is 1. The fourth-order valence-corrected chi connectivity index (χ4v) is 3.37. The van der Waals surface area contributed by atoms with Gasteiger partial charge in [-0.25, -0.2) is 0 Å². The van der Waals surface area contributed by atoms with E-state index in [2.05, 4.69) is 5.32 Å². The SMILES string of the molecule is COc1ccc(Cl)cc1NC(=O)CCC(=O)c1cc(C)sc1C. The topological polar surface area (TPSA) is 55.4 Å². The number of thiophene rings is 1. The predicted molar refractivity (Wildman–Crippen MR) is 94.0 cm³/mol. The smallest absolute Gasteiger partial charge is 0.224 e. The van der Waals surface area contributed by atoms with Crippen molar-refractivity contribution in [3.8, 4) is 5.75 Å². The minimum atomic E-state index is -0.247. The number of ether oxygens (including phenoxy) is 1. The molecule has 0 saturated carbocycles. The molecule has 2 aromatic rings. The summed E-state index contributed by atoms with van der Waals surface area (Å²) in [7, 11) is 1.52. The van der Waals surface area contributed by atoms with Gasteiger partial charge in [-0.05, 0) is 38.1 Å². The number of aryl methyl sites for hydroxylation is 2. The number of Topliss-reactive ketones (excluding diaryl/α,β-unsaturated/α-hetero) is 1. The lowest BCUT2D eigenvalue weighted by molar-refractivity contribution is -0.116. The number of carbonyl (C=O) groups is 2. The first-order chi connectivity index (χ1) is 10.9. The zero-order valence-corrected chi connectivity index (χ0v) is 14.8. The van der Waals surface area contributed by atoms with Gasteiger partial charge in [0.1, 0.15) is 5.75 Å². The minimum absolute atomic E-state index is 0.0138. The second kappa shape index (κ2) is 7.62. The van der Waals surface area contributed by atoms with E-state index in [0.29, 0.717) is 22.0 Å². The average Bonchev–Trinajstić information content (AvgIpc) is 2.84. The molecule has 0 fully saturated rings. The molecule has 1 N–H and O–H groups in total. The zero-order chi connectivity index (χ0) is 17.0. The molecule has 6 heteroatoms. The van der Waals surface area contributed by atoms with Crippen LogP contribution in [0.5, 0.6) is 5.75 Å². The Morgan fingerprint density at radius 2 is 1.96 bits per heavy atom. The van der Waals surface area contributed by atoms with Crippen LogP contribution in [0.1, 0.15) is 33.0 Å². The summed E-state index contributed by atoms with van der Waals surface area (Å²) in [6.45, 7) is 3.88. The van der Waals surface area contributed by atoms with Crippen LogP contribution in [-0.2, 0) is 4.79 Å². The maximum atomic E-state index is 12.2. The van der Waals surface area contributed by atoms with Crippen molar-refractivity contribution in [3.05, 3.63) is 44.6 Å². The van der Waals surface area contributed by atoms with Gasteiger partial charge in [-0.15, -0.1) is 11.3 Å². The largest absolute Gasteiger partial charge is 0.495 e. The lowest BCUT2D eigenvalue weighted by Gasteiger charge is -2.10. The third-order valence-corrected chi connectivity index (χ3v) is 4.56. The summed E-state index contributed by atoms with van der Waals surface area (Å²) in [6, 6.07) is 6.86. The van der Waals surface area contributed by atoms with Crippen LogP contribution in [0.15, 0.2) is 24.3 Å². The van der Waals surface area contributed by atoms with Crippen molar-refractivity contribution >= 4 is 40.3 Å². The second-order valence-electron chi connectivity index (χ2n) is 5.14. The van der Waals surface area contributed by atoms with E-state index < -0.39 is 0 Å². The third-order valence-electron chi connectivity index (χ3n) is 3.36. The van der Waals surface area contributed by atoms with Crippen LogP contribution < -0.4 is 10.1 Å². The van der Waals surface area contributed by atoms with E-state index in [4.69, 9.17) is 16.3 Å². The van der Waals surface area contributed by atoms with Crippen molar-refractivity contribution in [2.45, 2.75) is 26.7 Å². The molecular weight excluding hydrogens is 334 g/mol. The molecule has 0 spiro atoms. The molecule has 4 nitrogen and oxygen atoms in total. The van der Waals surface area contributed by atoms with Crippen molar-refractivity contribution in [1.29, 1.82) is 0 Å². The summed E-state index contributed by atoms with van der Waals surface area (Å²) < 4.78 is 5.18. The summed E-state index contributed by atoms with van der Waals surface area (Å²) in [5, 5.41) is 3.23. The van der Waals surface area contributed by atoms with Crippen LogP contribution in [0.4, 0.5) is 5.69 Å². The van der Waals surface area contributed by atoms with Gasteiger partial charge < -0.3 is 10.1 Å². The standard InChI is InChI=1S/C17H18ClNO3S/c1-10-8-13(11(2)23-10)15(20)5-7-17(21)19-14-9-12(18)4-6-16(14)22-3/h4,6,8-9H,5,7H2,1-3H3,(H,19,21). The number of methoxy groups -OCH3 is 1. The molecule has 1 amide bonds. The minimum Gasteiger partial charge on any atom is -0.495 e. The van der Waals surface area contributed by atoms with Gasteiger partial charge >= 0.3 is 0 Å². The Hall–Kier alpha value is -1.85. The Morgan fingerprint density at radius 3 is 2.57 bits per heavy atom. The first-order valence-electron chi connectivity index (χ1n) is 7.14. The van der Waals surface area contributed by atoms with E-state index in [1.54, 1.807) is 29.5 Å². The zero-order valence-electron chi connectivity index (χ0n) is 13.2. The Kier molecular flexibility index (Phi) is 5.80.